The Labute approximate surface area is 114 Å². The van der Waals surface area contributed by atoms with Crippen LogP contribution in [-0.4, -0.2) is 30.4 Å². The van der Waals surface area contributed by atoms with E-state index in [2.05, 4.69) is 22.5 Å². The van der Waals surface area contributed by atoms with Crippen molar-refractivity contribution in [3.63, 3.8) is 0 Å². The van der Waals surface area contributed by atoms with Crippen molar-refractivity contribution in [2.75, 3.05) is 6.54 Å². The molecule has 1 aromatic heterocycles. The van der Waals surface area contributed by atoms with Gasteiger partial charge < -0.3 is 9.52 Å². The van der Waals surface area contributed by atoms with Gasteiger partial charge in [-0.05, 0) is 28.8 Å². The predicted octanol–water partition coefficient (Wildman–Crippen LogP) is 1.87. The Morgan fingerprint density at radius 2 is 2.28 bits per heavy atom. The number of halogens is 1. The van der Waals surface area contributed by atoms with Crippen molar-refractivity contribution in [1.29, 1.82) is 0 Å². The number of rotatable bonds is 6. The van der Waals surface area contributed by atoms with Gasteiger partial charge in [0.1, 0.15) is 17.3 Å². The van der Waals surface area contributed by atoms with Crippen molar-refractivity contribution in [2.24, 2.45) is 0 Å². The molecule has 7 heteroatoms. The SMILES string of the molecule is C=CCN(C1CC1)S(=O)(=O)c1cc(CO)oc1Br. The fourth-order valence-electron chi connectivity index (χ4n) is 1.71. The zero-order valence-electron chi connectivity index (χ0n) is 9.67. The highest BCUT2D eigenvalue weighted by molar-refractivity contribution is 9.10. The van der Waals surface area contributed by atoms with Crippen LogP contribution < -0.4 is 0 Å². The quantitative estimate of drug-likeness (QED) is 0.805. The smallest absolute Gasteiger partial charge is 0.248 e. The number of aliphatic hydroxyl groups excluding tert-OH is 1. The molecule has 0 aliphatic heterocycles. The lowest BCUT2D eigenvalue weighted by atomic mass is 10.5. The summed E-state index contributed by atoms with van der Waals surface area (Å²) in [5, 5.41) is 8.97. The molecular weight excluding hydrogens is 322 g/mol. The standard InChI is InChI=1S/C11H14BrNO4S/c1-2-5-13(8-3-4-8)18(15,16)10-6-9(7-14)17-11(10)12/h2,6,8,14H,1,3-5,7H2. The van der Waals surface area contributed by atoms with E-state index in [9.17, 15) is 8.42 Å². The van der Waals surface area contributed by atoms with Crippen molar-refractivity contribution < 1.29 is 17.9 Å². The Kier molecular flexibility index (Phi) is 3.96. The van der Waals surface area contributed by atoms with Crippen LogP contribution in [0.15, 0.2) is 32.7 Å². The average Bonchev–Trinajstić information content (AvgIpc) is 3.08. The molecule has 2 rings (SSSR count). The number of hydrogen-bond acceptors (Lipinski definition) is 4. The Hall–Kier alpha value is -0.630. The van der Waals surface area contributed by atoms with E-state index in [1.807, 2.05) is 0 Å². The fourth-order valence-corrected chi connectivity index (χ4v) is 4.33. The summed E-state index contributed by atoms with van der Waals surface area (Å²) in [4.78, 5) is 0.0558. The molecule has 1 saturated carbocycles. The number of hydrogen-bond donors (Lipinski definition) is 1. The van der Waals surface area contributed by atoms with Crippen molar-refractivity contribution in [2.45, 2.75) is 30.4 Å². The summed E-state index contributed by atoms with van der Waals surface area (Å²) in [5.41, 5.74) is 0. The van der Waals surface area contributed by atoms with E-state index < -0.39 is 10.0 Å². The molecule has 1 aliphatic carbocycles. The number of sulfonamides is 1. The minimum absolute atomic E-state index is 0.0485. The molecule has 1 aliphatic rings. The van der Waals surface area contributed by atoms with Crippen LogP contribution in [0.4, 0.5) is 0 Å². The molecule has 0 bridgehead atoms. The molecule has 0 aromatic carbocycles. The third kappa shape index (κ3) is 2.54. The molecule has 0 atom stereocenters. The van der Waals surface area contributed by atoms with Crippen LogP contribution in [0.1, 0.15) is 18.6 Å². The minimum atomic E-state index is -3.61. The van der Waals surface area contributed by atoms with E-state index >= 15 is 0 Å². The third-order valence-electron chi connectivity index (χ3n) is 2.71. The maximum absolute atomic E-state index is 12.5. The maximum Gasteiger partial charge on any atom is 0.248 e. The van der Waals surface area contributed by atoms with Crippen molar-refractivity contribution in [3.05, 3.63) is 29.2 Å². The highest BCUT2D eigenvalue weighted by Crippen LogP contribution is 2.35. The topological polar surface area (TPSA) is 70.8 Å². The van der Waals surface area contributed by atoms with E-state index in [0.717, 1.165) is 12.8 Å². The van der Waals surface area contributed by atoms with E-state index in [0.29, 0.717) is 0 Å². The second-order valence-electron chi connectivity index (χ2n) is 4.10. The summed E-state index contributed by atoms with van der Waals surface area (Å²) in [6.45, 7) is 3.52. The number of furan rings is 1. The van der Waals surface area contributed by atoms with E-state index in [1.54, 1.807) is 6.08 Å². The van der Waals surface area contributed by atoms with Gasteiger partial charge in [-0.1, -0.05) is 6.08 Å². The summed E-state index contributed by atoms with van der Waals surface area (Å²) in [5.74, 6) is 0.217. The first-order valence-electron chi connectivity index (χ1n) is 5.52. The number of aliphatic hydroxyl groups is 1. The summed E-state index contributed by atoms with van der Waals surface area (Å²) in [7, 11) is -3.61. The first-order valence-corrected chi connectivity index (χ1v) is 7.75. The largest absolute Gasteiger partial charge is 0.450 e. The molecule has 18 heavy (non-hydrogen) atoms. The second kappa shape index (κ2) is 5.16. The first kappa shape index (κ1) is 13.8. The third-order valence-corrected chi connectivity index (χ3v) is 5.49. The van der Waals surface area contributed by atoms with E-state index in [1.165, 1.54) is 10.4 Å². The first-order chi connectivity index (χ1) is 8.50. The van der Waals surface area contributed by atoms with Crippen LogP contribution >= 0.6 is 15.9 Å². The van der Waals surface area contributed by atoms with Gasteiger partial charge in [-0.15, -0.1) is 6.58 Å². The zero-order valence-corrected chi connectivity index (χ0v) is 12.1. The normalized spacial score (nSPS) is 16.2. The molecule has 0 amide bonds. The molecule has 5 nitrogen and oxygen atoms in total. The van der Waals surface area contributed by atoms with Gasteiger partial charge in [-0.3, -0.25) is 0 Å². The highest BCUT2D eigenvalue weighted by Gasteiger charge is 2.39. The molecule has 1 heterocycles. The van der Waals surface area contributed by atoms with Gasteiger partial charge in [0.25, 0.3) is 0 Å². The van der Waals surface area contributed by atoms with Crippen molar-refractivity contribution >= 4 is 26.0 Å². The molecule has 0 saturated heterocycles. The Balaban J connectivity index is 2.38. The summed E-state index contributed by atoms with van der Waals surface area (Å²) in [6.07, 6.45) is 3.31. The second-order valence-corrected chi connectivity index (χ2v) is 6.68. The molecule has 100 valence electrons. The summed E-state index contributed by atoms with van der Waals surface area (Å²) < 4.78 is 31.6. The minimum Gasteiger partial charge on any atom is -0.450 e. The maximum atomic E-state index is 12.5. The van der Waals surface area contributed by atoms with E-state index in [-0.39, 0.29) is 34.5 Å². The summed E-state index contributed by atoms with van der Waals surface area (Å²) in [6, 6.07) is 1.39. The van der Waals surface area contributed by atoms with E-state index in [4.69, 9.17) is 9.52 Å². The monoisotopic (exact) mass is 335 g/mol. The van der Waals surface area contributed by atoms with Gasteiger partial charge in [-0.25, -0.2) is 8.42 Å². The highest BCUT2D eigenvalue weighted by atomic mass is 79.9. The molecule has 0 unspecified atom stereocenters. The Morgan fingerprint density at radius 3 is 2.72 bits per heavy atom. The van der Waals surface area contributed by atoms with Gasteiger partial charge >= 0.3 is 0 Å². The lowest BCUT2D eigenvalue weighted by Crippen LogP contribution is -2.33. The molecule has 1 N–H and O–H groups in total. The van der Waals surface area contributed by atoms with Gasteiger partial charge in [0.2, 0.25) is 10.0 Å². The van der Waals surface area contributed by atoms with Crippen LogP contribution in [0.25, 0.3) is 0 Å². The Morgan fingerprint density at radius 1 is 1.61 bits per heavy atom. The van der Waals surface area contributed by atoms with Crippen LogP contribution in [-0.2, 0) is 16.6 Å². The molecule has 1 aromatic rings. The predicted molar refractivity (Wildman–Crippen MR) is 69.4 cm³/mol. The van der Waals surface area contributed by atoms with Crippen molar-refractivity contribution in [3.8, 4) is 0 Å². The van der Waals surface area contributed by atoms with Crippen LogP contribution in [0.2, 0.25) is 0 Å². The average molecular weight is 336 g/mol. The van der Waals surface area contributed by atoms with Gasteiger partial charge in [0.05, 0.1) is 0 Å². The molecule has 0 radical (unpaired) electrons. The van der Waals surface area contributed by atoms with Gasteiger partial charge in [0.15, 0.2) is 4.67 Å². The van der Waals surface area contributed by atoms with Crippen LogP contribution in [0, 0.1) is 0 Å². The molecular formula is C11H14BrNO4S. The van der Waals surface area contributed by atoms with Gasteiger partial charge in [0, 0.05) is 18.7 Å². The van der Waals surface area contributed by atoms with Gasteiger partial charge in [-0.2, -0.15) is 4.31 Å². The lowest BCUT2D eigenvalue weighted by molar-refractivity contribution is 0.245. The summed E-state index contributed by atoms with van der Waals surface area (Å²) >= 11 is 3.07. The van der Waals surface area contributed by atoms with Crippen LogP contribution in [0.3, 0.4) is 0 Å². The number of nitrogens with zero attached hydrogens (tertiary/aromatic N) is 1. The zero-order chi connectivity index (χ0) is 13.3. The lowest BCUT2D eigenvalue weighted by Gasteiger charge is -2.19. The molecule has 1 fully saturated rings. The molecule has 0 spiro atoms. The fraction of sp³-hybridized carbons (Fsp3) is 0.455. The van der Waals surface area contributed by atoms with Crippen molar-refractivity contribution in [1.82, 2.24) is 4.31 Å². The van der Waals surface area contributed by atoms with Crippen LogP contribution in [0.5, 0.6) is 0 Å². The Bertz CT molecular complexity index is 547.